The third kappa shape index (κ3) is 4.72. The van der Waals surface area contributed by atoms with Crippen molar-refractivity contribution in [1.29, 1.82) is 0 Å². The van der Waals surface area contributed by atoms with Crippen molar-refractivity contribution in [3.05, 3.63) is 28.5 Å². The molecule has 102 valence electrons. The van der Waals surface area contributed by atoms with Crippen LogP contribution in [0.25, 0.3) is 0 Å². The normalized spacial score (nSPS) is 12.8. The fourth-order valence-corrected chi connectivity index (χ4v) is 1.52. The summed E-state index contributed by atoms with van der Waals surface area (Å²) in [5.74, 6) is 0. The number of hydrogen-bond acceptors (Lipinski definition) is 1. The van der Waals surface area contributed by atoms with Crippen molar-refractivity contribution in [2.45, 2.75) is 31.6 Å². The van der Waals surface area contributed by atoms with Crippen LogP contribution >= 0.6 is 11.6 Å². The molecule has 0 saturated heterocycles. The van der Waals surface area contributed by atoms with E-state index in [9.17, 15) is 26.3 Å². The fourth-order valence-electron chi connectivity index (χ4n) is 1.26. The lowest BCUT2D eigenvalue weighted by molar-refractivity contribution is -0.137. The maximum Gasteiger partial charge on any atom is 0.417 e. The van der Waals surface area contributed by atoms with Crippen LogP contribution in [-0.4, -0.2) is 11.2 Å². The standard InChI is InChI=1S/C10H8ClF6N/c11-7-4-6(10(15,16)17)5-18-8(7)2-1-3-9(12,13)14/h4-5H,1-3H2. The molecule has 0 fully saturated rings. The van der Waals surface area contributed by atoms with Crippen LogP contribution in [0.4, 0.5) is 26.3 Å². The van der Waals surface area contributed by atoms with Crippen LogP contribution in [-0.2, 0) is 12.6 Å². The van der Waals surface area contributed by atoms with E-state index in [1.165, 1.54) is 0 Å². The summed E-state index contributed by atoms with van der Waals surface area (Å²) < 4.78 is 72.4. The van der Waals surface area contributed by atoms with Crippen LogP contribution in [0, 0.1) is 0 Å². The summed E-state index contributed by atoms with van der Waals surface area (Å²) in [6, 6.07) is 0.664. The first kappa shape index (κ1) is 15.1. The number of aromatic nitrogens is 1. The molecule has 0 amide bonds. The van der Waals surface area contributed by atoms with Gasteiger partial charge in [-0.25, -0.2) is 0 Å². The molecule has 1 nitrogen and oxygen atoms in total. The Bertz CT molecular complexity index is 412. The Balaban J connectivity index is 2.69. The molecular formula is C10H8ClF6N. The predicted molar refractivity (Wildman–Crippen MR) is 53.2 cm³/mol. The van der Waals surface area contributed by atoms with E-state index in [0.29, 0.717) is 12.3 Å². The molecule has 0 N–H and O–H groups in total. The second-order valence-corrected chi connectivity index (χ2v) is 4.03. The van der Waals surface area contributed by atoms with Crippen molar-refractivity contribution >= 4 is 11.6 Å². The fraction of sp³-hybridized carbons (Fsp3) is 0.500. The third-order valence-electron chi connectivity index (χ3n) is 2.12. The number of alkyl halides is 6. The average molecular weight is 292 g/mol. The largest absolute Gasteiger partial charge is 0.417 e. The van der Waals surface area contributed by atoms with Gasteiger partial charge < -0.3 is 0 Å². The smallest absolute Gasteiger partial charge is 0.259 e. The number of halogens is 7. The maximum absolute atomic E-state index is 12.3. The molecular weight excluding hydrogens is 284 g/mol. The Morgan fingerprint density at radius 3 is 2.17 bits per heavy atom. The second kappa shape index (κ2) is 5.34. The molecule has 1 heterocycles. The lowest BCUT2D eigenvalue weighted by Gasteiger charge is -2.09. The minimum Gasteiger partial charge on any atom is -0.259 e. The van der Waals surface area contributed by atoms with E-state index >= 15 is 0 Å². The van der Waals surface area contributed by atoms with Crippen LogP contribution in [0.15, 0.2) is 12.3 Å². The highest BCUT2D eigenvalue weighted by Crippen LogP contribution is 2.31. The van der Waals surface area contributed by atoms with Gasteiger partial charge >= 0.3 is 12.4 Å². The Kier molecular flexibility index (Phi) is 4.47. The molecule has 18 heavy (non-hydrogen) atoms. The molecule has 1 aromatic rings. The van der Waals surface area contributed by atoms with Gasteiger partial charge in [0.2, 0.25) is 0 Å². The second-order valence-electron chi connectivity index (χ2n) is 3.62. The molecule has 0 aromatic carbocycles. The topological polar surface area (TPSA) is 12.9 Å². The highest BCUT2D eigenvalue weighted by atomic mass is 35.5. The van der Waals surface area contributed by atoms with Gasteiger partial charge in [-0.15, -0.1) is 0 Å². The summed E-state index contributed by atoms with van der Waals surface area (Å²) in [6.45, 7) is 0. The zero-order valence-electron chi connectivity index (χ0n) is 8.87. The Morgan fingerprint density at radius 1 is 1.11 bits per heavy atom. The van der Waals surface area contributed by atoms with Gasteiger partial charge in [-0.05, 0) is 18.9 Å². The van der Waals surface area contributed by atoms with Crippen LogP contribution < -0.4 is 0 Å². The summed E-state index contributed by atoms with van der Waals surface area (Å²) in [6.07, 6.45) is -9.70. The Hall–Kier alpha value is -0.980. The van der Waals surface area contributed by atoms with Crippen molar-refractivity contribution in [3.8, 4) is 0 Å². The summed E-state index contributed by atoms with van der Waals surface area (Å²) in [5, 5.41) is -0.271. The van der Waals surface area contributed by atoms with Gasteiger partial charge in [-0.1, -0.05) is 11.6 Å². The quantitative estimate of drug-likeness (QED) is 0.739. The Labute approximate surface area is 104 Å². The van der Waals surface area contributed by atoms with Crippen LogP contribution in [0.5, 0.6) is 0 Å². The lowest BCUT2D eigenvalue weighted by atomic mass is 10.1. The Morgan fingerprint density at radius 2 is 1.72 bits per heavy atom. The molecule has 0 spiro atoms. The minimum atomic E-state index is -4.57. The van der Waals surface area contributed by atoms with Crippen molar-refractivity contribution in [2.75, 3.05) is 0 Å². The molecule has 8 heteroatoms. The van der Waals surface area contributed by atoms with Crippen LogP contribution in [0.3, 0.4) is 0 Å². The SMILES string of the molecule is FC(F)(F)CCCc1ncc(C(F)(F)F)cc1Cl. The van der Waals surface area contributed by atoms with Gasteiger partial charge in [0.25, 0.3) is 0 Å². The van der Waals surface area contributed by atoms with Gasteiger partial charge in [-0.3, -0.25) is 4.98 Å². The van der Waals surface area contributed by atoms with Crippen molar-refractivity contribution in [1.82, 2.24) is 4.98 Å². The third-order valence-corrected chi connectivity index (χ3v) is 2.45. The molecule has 0 atom stereocenters. The average Bonchev–Trinajstić information content (AvgIpc) is 2.17. The molecule has 0 aliphatic rings. The first-order chi connectivity index (χ1) is 8.09. The highest BCUT2D eigenvalue weighted by molar-refractivity contribution is 6.31. The molecule has 0 bridgehead atoms. The van der Waals surface area contributed by atoms with Crippen LogP contribution in [0.1, 0.15) is 24.1 Å². The lowest BCUT2D eigenvalue weighted by Crippen LogP contribution is -2.09. The van der Waals surface area contributed by atoms with Crippen molar-refractivity contribution in [3.63, 3.8) is 0 Å². The summed E-state index contributed by atoms with van der Waals surface area (Å²) in [5.41, 5.74) is -0.985. The number of nitrogens with zero attached hydrogens (tertiary/aromatic N) is 1. The number of pyridine rings is 1. The van der Waals surface area contributed by atoms with E-state index in [0.717, 1.165) is 0 Å². The van der Waals surface area contributed by atoms with Gasteiger partial charge in [-0.2, -0.15) is 26.3 Å². The van der Waals surface area contributed by atoms with Crippen molar-refractivity contribution < 1.29 is 26.3 Å². The number of aryl methyl sites for hydroxylation is 1. The first-order valence-electron chi connectivity index (χ1n) is 4.88. The van der Waals surface area contributed by atoms with Gasteiger partial charge in [0.05, 0.1) is 16.3 Å². The maximum atomic E-state index is 12.3. The van der Waals surface area contributed by atoms with Crippen molar-refractivity contribution in [2.24, 2.45) is 0 Å². The summed E-state index contributed by atoms with van der Waals surface area (Å²) >= 11 is 5.54. The highest BCUT2D eigenvalue weighted by Gasteiger charge is 2.31. The molecule has 0 aliphatic heterocycles. The molecule has 1 rings (SSSR count). The van der Waals surface area contributed by atoms with Gasteiger partial charge in [0.1, 0.15) is 0 Å². The first-order valence-corrected chi connectivity index (χ1v) is 5.26. The molecule has 0 unspecified atom stereocenters. The molecule has 0 saturated carbocycles. The van der Waals surface area contributed by atoms with E-state index in [1.54, 1.807) is 0 Å². The van der Waals surface area contributed by atoms with Gasteiger partial charge in [0.15, 0.2) is 0 Å². The van der Waals surface area contributed by atoms with E-state index in [-0.39, 0.29) is 23.6 Å². The van der Waals surface area contributed by atoms with Gasteiger partial charge in [0, 0.05) is 12.6 Å². The van der Waals surface area contributed by atoms with Crippen LogP contribution in [0.2, 0.25) is 5.02 Å². The van der Waals surface area contributed by atoms with E-state index in [4.69, 9.17) is 11.6 Å². The van der Waals surface area contributed by atoms with E-state index in [2.05, 4.69) is 4.98 Å². The number of hydrogen-bond donors (Lipinski definition) is 0. The molecule has 0 radical (unpaired) electrons. The molecule has 0 aliphatic carbocycles. The zero-order chi connectivity index (χ0) is 14.0. The van der Waals surface area contributed by atoms with E-state index < -0.39 is 24.3 Å². The zero-order valence-corrected chi connectivity index (χ0v) is 9.62. The summed E-state index contributed by atoms with van der Waals surface area (Å²) in [7, 11) is 0. The number of rotatable bonds is 3. The predicted octanol–water partition coefficient (Wildman–Crippen LogP) is 4.64. The summed E-state index contributed by atoms with van der Waals surface area (Å²) in [4.78, 5) is 3.44. The monoisotopic (exact) mass is 291 g/mol. The molecule has 1 aromatic heterocycles. The minimum absolute atomic E-state index is 0.0360. The van der Waals surface area contributed by atoms with E-state index in [1.807, 2.05) is 0 Å².